The third-order valence-corrected chi connectivity index (χ3v) is 2.82. The lowest BCUT2D eigenvalue weighted by atomic mass is 9.91. The van der Waals surface area contributed by atoms with E-state index in [0.29, 0.717) is 0 Å². The Balaban J connectivity index is 3.13. The summed E-state index contributed by atoms with van der Waals surface area (Å²) in [6, 6.07) is 3.37. The van der Waals surface area contributed by atoms with Crippen LogP contribution in [0.3, 0.4) is 0 Å². The van der Waals surface area contributed by atoms with Gasteiger partial charge < -0.3 is 0 Å². The third kappa shape index (κ3) is 3.74. The van der Waals surface area contributed by atoms with Crippen molar-refractivity contribution >= 4 is 22.8 Å². The van der Waals surface area contributed by atoms with E-state index in [2.05, 4.69) is 10.5 Å². The topological polar surface area (TPSA) is 111 Å². The zero-order valence-corrected chi connectivity index (χ0v) is 11.7. The first-order chi connectivity index (χ1) is 9.12. The highest BCUT2D eigenvalue weighted by Gasteiger charge is 2.20. The molecule has 8 heteroatoms. The molecule has 0 saturated heterocycles. The SMILES string of the molecule is C/C(=N/Nc1ccc([N+](=O)[O-])cc1[N+](=O)[O-])C(C)(C)C. The highest BCUT2D eigenvalue weighted by atomic mass is 16.6. The number of nitrogens with one attached hydrogen (secondary N) is 1. The number of hydrogen-bond acceptors (Lipinski definition) is 6. The van der Waals surface area contributed by atoms with Crippen LogP contribution in [0.4, 0.5) is 17.1 Å². The van der Waals surface area contributed by atoms with Crippen molar-refractivity contribution in [3.05, 3.63) is 38.4 Å². The number of nitro benzene ring substituents is 2. The molecular weight excluding hydrogens is 264 g/mol. The molecule has 0 amide bonds. The van der Waals surface area contributed by atoms with E-state index in [-0.39, 0.29) is 22.5 Å². The van der Waals surface area contributed by atoms with Crippen molar-refractivity contribution in [2.75, 3.05) is 5.43 Å². The minimum Gasteiger partial charge on any atom is -0.272 e. The summed E-state index contributed by atoms with van der Waals surface area (Å²) in [4.78, 5) is 20.2. The van der Waals surface area contributed by atoms with Gasteiger partial charge in [-0.1, -0.05) is 20.8 Å². The molecule has 8 nitrogen and oxygen atoms in total. The van der Waals surface area contributed by atoms with Gasteiger partial charge in [-0.15, -0.1) is 0 Å². The summed E-state index contributed by atoms with van der Waals surface area (Å²) in [5, 5.41) is 25.6. The van der Waals surface area contributed by atoms with E-state index in [9.17, 15) is 20.2 Å². The molecular formula is C12H16N4O4. The highest BCUT2D eigenvalue weighted by Crippen LogP contribution is 2.29. The number of benzene rings is 1. The van der Waals surface area contributed by atoms with Crippen LogP contribution < -0.4 is 5.43 Å². The molecule has 0 heterocycles. The average molecular weight is 280 g/mol. The van der Waals surface area contributed by atoms with Gasteiger partial charge in [-0.05, 0) is 13.0 Å². The zero-order chi connectivity index (χ0) is 15.5. The molecule has 0 radical (unpaired) electrons. The Morgan fingerprint density at radius 2 is 1.80 bits per heavy atom. The fourth-order valence-electron chi connectivity index (χ4n) is 1.19. The van der Waals surface area contributed by atoms with E-state index in [0.717, 1.165) is 11.8 Å². The fourth-order valence-corrected chi connectivity index (χ4v) is 1.19. The van der Waals surface area contributed by atoms with Crippen LogP contribution in [0.25, 0.3) is 0 Å². The lowest BCUT2D eigenvalue weighted by molar-refractivity contribution is -0.393. The standard InChI is InChI=1S/C12H16N4O4/c1-8(12(2,3)4)13-14-10-6-5-9(15(17)18)7-11(10)16(19)20/h5-7,14H,1-4H3/b13-8-. The van der Waals surface area contributed by atoms with E-state index in [1.807, 2.05) is 20.8 Å². The van der Waals surface area contributed by atoms with Gasteiger partial charge in [-0.3, -0.25) is 25.7 Å². The second-order valence-corrected chi connectivity index (χ2v) is 5.27. The molecule has 108 valence electrons. The Hall–Kier alpha value is -2.51. The number of hydrazone groups is 1. The average Bonchev–Trinajstić information content (AvgIpc) is 2.34. The van der Waals surface area contributed by atoms with Crippen LogP contribution in [0.5, 0.6) is 0 Å². The highest BCUT2D eigenvalue weighted by molar-refractivity contribution is 5.87. The van der Waals surface area contributed by atoms with Crippen molar-refractivity contribution in [2.24, 2.45) is 10.5 Å². The van der Waals surface area contributed by atoms with Gasteiger partial charge in [0.2, 0.25) is 0 Å². The fraction of sp³-hybridized carbons (Fsp3) is 0.417. The molecule has 0 fully saturated rings. The van der Waals surface area contributed by atoms with E-state index >= 15 is 0 Å². The maximum Gasteiger partial charge on any atom is 0.301 e. The molecule has 20 heavy (non-hydrogen) atoms. The largest absolute Gasteiger partial charge is 0.301 e. The van der Waals surface area contributed by atoms with Gasteiger partial charge >= 0.3 is 5.69 Å². The number of anilines is 1. The van der Waals surface area contributed by atoms with Crippen LogP contribution >= 0.6 is 0 Å². The van der Waals surface area contributed by atoms with Crippen LogP contribution in [-0.2, 0) is 0 Å². The number of rotatable bonds is 4. The first-order valence-electron chi connectivity index (χ1n) is 5.86. The molecule has 1 rings (SSSR count). The van der Waals surface area contributed by atoms with Crippen molar-refractivity contribution in [3.8, 4) is 0 Å². The first kappa shape index (κ1) is 15.5. The van der Waals surface area contributed by atoms with Gasteiger partial charge in [-0.25, -0.2) is 0 Å². The summed E-state index contributed by atoms with van der Waals surface area (Å²) in [5.41, 5.74) is 2.56. The molecule has 1 aromatic rings. The number of nitrogens with zero attached hydrogens (tertiary/aromatic N) is 3. The summed E-state index contributed by atoms with van der Waals surface area (Å²) in [7, 11) is 0. The molecule has 0 spiro atoms. The predicted molar refractivity (Wildman–Crippen MR) is 75.9 cm³/mol. The molecule has 0 bridgehead atoms. The smallest absolute Gasteiger partial charge is 0.272 e. The monoisotopic (exact) mass is 280 g/mol. The summed E-state index contributed by atoms with van der Waals surface area (Å²) in [6.45, 7) is 7.66. The first-order valence-corrected chi connectivity index (χ1v) is 5.86. The van der Waals surface area contributed by atoms with Gasteiger partial charge in [0.25, 0.3) is 5.69 Å². The predicted octanol–water partition coefficient (Wildman–Crippen LogP) is 3.34. The number of nitro groups is 2. The van der Waals surface area contributed by atoms with Gasteiger partial charge in [0.05, 0.1) is 15.9 Å². The van der Waals surface area contributed by atoms with Crippen LogP contribution in [-0.4, -0.2) is 15.6 Å². The molecule has 0 atom stereocenters. The molecule has 1 aromatic carbocycles. The quantitative estimate of drug-likeness (QED) is 0.516. The van der Waals surface area contributed by atoms with Crippen LogP contribution in [0.1, 0.15) is 27.7 Å². The normalized spacial score (nSPS) is 12.1. The zero-order valence-electron chi connectivity index (χ0n) is 11.7. The minimum absolute atomic E-state index is 0.115. The molecule has 0 aliphatic rings. The number of hydrogen-bond donors (Lipinski definition) is 1. The maximum atomic E-state index is 10.9. The second-order valence-electron chi connectivity index (χ2n) is 5.27. The summed E-state index contributed by atoms with van der Waals surface area (Å²) in [5.74, 6) is 0. The van der Waals surface area contributed by atoms with E-state index in [1.165, 1.54) is 12.1 Å². The number of non-ortho nitro benzene ring substituents is 1. The van der Waals surface area contributed by atoms with Crippen molar-refractivity contribution in [3.63, 3.8) is 0 Å². The Bertz CT molecular complexity index is 575. The van der Waals surface area contributed by atoms with Crippen LogP contribution in [0.15, 0.2) is 23.3 Å². The third-order valence-electron chi connectivity index (χ3n) is 2.82. The van der Waals surface area contributed by atoms with Crippen molar-refractivity contribution in [2.45, 2.75) is 27.7 Å². The Morgan fingerprint density at radius 3 is 2.25 bits per heavy atom. The summed E-state index contributed by atoms with van der Waals surface area (Å²) < 4.78 is 0. The van der Waals surface area contributed by atoms with Crippen LogP contribution in [0.2, 0.25) is 0 Å². The van der Waals surface area contributed by atoms with Crippen molar-refractivity contribution in [1.29, 1.82) is 0 Å². The van der Waals surface area contributed by atoms with Gasteiger partial charge in [0, 0.05) is 17.2 Å². The minimum atomic E-state index is -0.683. The maximum absolute atomic E-state index is 10.9. The summed E-state index contributed by atoms with van der Waals surface area (Å²) >= 11 is 0. The lowest BCUT2D eigenvalue weighted by Crippen LogP contribution is -2.18. The molecule has 0 aliphatic heterocycles. The van der Waals surface area contributed by atoms with Crippen LogP contribution in [0, 0.1) is 25.6 Å². The van der Waals surface area contributed by atoms with Gasteiger partial charge in [-0.2, -0.15) is 5.10 Å². The Kier molecular flexibility index (Phi) is 4.38. The van der Waals surface area contributed by atoms with Crippen molar-refractivity contribution in [1.82, 2.24) is 0 Å². The molecule has 0 saturated carbocycles. The van der Waals surface area contributed by atoms with Gasteiger partial charge in [0.1, 0.15) is 5.69 Å². The molecule has 1 N–H and O–H groups in total. The van der Waals surface area contributed by atoms with Crippen molar-refractivity contribution < 1.29 is 9.85 Å². The van der Waals surface area contributed by atoms with Gasteiger partial charge in [0.15, 0.2) is 0 Å². The summed E-state index contributed by atoms with van der Waals surface area (Å²) in [6.07, 6.45) is 0. The second kappa shape index (κ2) is 5.64. The molecule has 0 aromatic heterocycles. The molecule has 0 aliphatic carbocycles. The Morgan fingerprint density at radius 1 is 1.20 bits per heavy atom. The lowest BCUT2D eigenvalue weighted by Gasteiger charge is -2.17. The van der Waals surface area contributed by atoms with E-state index in [4.69, 9.17) is 0 Å². The van der Waals surface area contributed by atoms with E-state index < -0.39 is 9.85 Å². The van der Waals surface area contributed by atoms with E-state index in [1.54, 1.807) is 6.92 Å². The Labute approximate surface area is 115 Å². The molecule has 0 unspecified atom stereocenters.